The van der Waals surface area contributed by atoms with Crippen LogP contribution >= 0.6 is 34.5 Å². The Balaban J connectivity index is 2.14. The van der Waals surface area contributed by atoms with Crippen LogP contribution in [0.25, 0.3) is 0 Å². The lowest BCUT2D eigenvalue weighted by molar-refractivity contribution is 1.10. The normalized spacial score (nSPS) is 10.5. The molecule has 0 spiro atoms. The molecule has 0 radical (unpaired) electrons. The van der Waals surface area contributed by atoms with Crippen molar-refractivity contribution >= 4 is 45.9 Å². The molecule has 0 aliphatic rings. The van der Waals surface area contributed by atoms with E-state index in [4.69, 9.17) is 28.9 Å². The summed E-state index contributed by atoms with van der Waals surface area (Å²) in [4.78, 5) is 5.43. The Morgan fingerprint density at radius 3 is 2.53 bits per heavy atom. The van der Waals surface area contributed by atoms with Gasteiger partial charge in [0.2, 0.25) is 0 Å². The Morgan fingerprint density at radius 1 is 1.35 bits per heavy atom. The maximum absolute atomic E-state index is 6.06. The van der Waals surface area contributed by atoms with Gasteiger partial charge >= 0.3 is 0 Å². The maximum atomic E-state index is 6.06. The molecule has 1 heterocycles. The van der Waals surface area contributed by atoms with E-state index in [0.717, 1.165) is 5.01 Å². The summed E-state index contributed by atoms with van der Waals surface area (Å²) in [7, 11) is 0. The Labute approximate surface area is 114 Å². The van der Waals surface area contributed by atoms with Crippen molar-refractivity contribution in [2.45, 2.75) is 13.5 Å². The van der Waals surface area contributed by atoms with Gasteiger partial charge in [0, 0.05) is 16.8 Å². The number of nitrogens with zero attached hydrogens (tertiary/aromatic N) is 1. The lowest BCUT2D eigenvalue weighted by atomic mass is 10.3. The highest BCUT2D eigenvalue weighted by atomic mass is 35.5. The predicted octanol–water partition coefficient (Wildman–Crippen LogP) is 3.95. The van der Waals surface area contributed by atoms with Crippen molar-refractivity contribution in [2.75, 3.05) is 11.1 Å². The highest BCUT2D eigenvalue weighted by Crippen LogP contribution is 2.33. The number of aryl methyl sites for hydroxylation is 1. The molecule has 0 atom stereocenters. The molecule has 1 aromatic heterocycles. The fourth-order valence-electron chi connectivity index (χ4n) is 1.41. The van der Waals surface area contributed by atoms with E-state index in [1.165, 1.54) is 4.88 Å². The number of anilines is 2. The number of halogens is 2. The zero-order valence-electron chi connectivity index (χ0n) is 9.13. The highest BCUT2D eigenvalue weighted by Gasteiger charge is 2.07. The van der Waals surface area contributed by atoms with E-state index in [9.17, 15) is 0 Å². The van der Waals surface area contributed by atoms with Crippen LogP contribution in [0.4, 0.5) is 11.4 Å². The number of hydrogen-bond donors (Lipinski definition) is 2. The number of aromatic nitrogens is 1. The molecule has 0 saturated heterocycles. The first-order valence-corrected chi connectivity index (χ1v) is 6.53. The van der Waals surface area contributed by atoms with Crippen molar-refractivity contribution in [3.05, 3.63) is 38.3 Å². The highest BCUT2D eigenvalue weighted by molar-refractivity contribution is 7.11. The van der Waals surface area contributed by atoms with Crippen LogP contribution in [0.1, 0.15) is 9.88 Å². The molecule has 2 rings (SSSR count). The van der Waals surface area contributed by atoms with Crippen molar-refractivity contribution in [3.8, 4) is 0 Å². The smallest absolute Gasteiger partial charge is 0.112 e. The second-order valence-corrected chi connectivity index (χ2v) is 5.71. The van der Waals surface area contributed by atoms with Crippen LogP contribution in [0, 0.1) is 6.92 Å². The molecule has 17 heavy (non-hydrogen) atoms. The van der Waals surface area contributed by atoms with E-state index < -0.39 is 0 Å². The molecule has 6 heteroatoms. The minimum absolute atomic E-state index is 0.517. The lowest BCUT2D eigenvalue weighted by Crippen LogP contribution is -2.00. The number of nitrogen functional groups attached to an aromatic ring is 1. The number of thiazole rings is 1. The standard InChI is InChI=1S/C11H11Cl2N3S/c1-6-4-15-10(17-6)5-16-11-8(12)2-7(14)3-9(11)13/h2-4,16H,5,14H2,1H3. The van der Waals surface area contributed by atoms with Gasteiger partial charge in [-0.05, 0) is 19.1 Å². The minimum atomic E-state index is 0.517. The van der Waals surface area contributed by atoms with Gasteiger partial charge in [-0.15, -0.1) is 11.3 Å². The van der Waals surface area contributed by atoms with Gasteiger partial charge in [-0.25, -0.2) is 4.98 Å². The van der Waals surface area contributed by atoms with Crippen molar-refractivity contribution in [3.63, 3.8) is 0 Å². The Hall–Kier alpha value is -0.970. The zero-order valence-corrected chi connectivity index (χ0v) is 11.5. The van der Waals surface area contributed by atoms with Crippen LogP contribution in [0.3, 0.4) is 0 Å². The largest absolute Gasteiger partial charge is 0.399 e. The predicted molar refractivity (Wildman–Crippen MR) is 75.1 cm³/mol. The molecule has 0 fully saturated rings. The van der Waals surface area contributed by atoms with Gasteiger partial charge in [-0.3, -0.25) is 0 Å². The van der Waals surface area contributed by atoms with Crippen molar-refractivity contribution in [2.24, 2.45) is 0 Å². The number of hydrogen-bond acceptors (Lipinski definition) is 4. The molecule has 3 N–H and O–H groups in total. The quantitative estimate of drug-likeness (QED) is 0.841. The van der Waals surface area contributed by atoms with Crippen LogP contribution in [0.15, 0.2) is 18.3 Å². The second-order valence-electron chi connectivity index (χ2n) is 3.58. The average molecular weight is 288 g/mol. The third-order valence-corrected chi connectivity index (χ3v) is 3.66. The van der Waals surface area contributed by atoms with Crippen molar-refractivity contribution in [1.82, 2.24) is 4.98 Å². The minimum Gasteiger partial charge on any atom is -0.399 e. The fourth-order valence-corrected chi connectivity index (χ4v) is 2.77. The van der Waals surface area contributed by atoms with Gasteiger partial charge in [0.25, 0.3) is 0 Å². The SMILES string of the molecule is Cc1cnc(CNc2c(Cl)cc(N)cc2Cl)s1. The molecule has 90 valence electrons. The molecule has 0 aliphatic heterocycles. The maximum Gasteiger partial charge on any atom is 0.112 e. The monoisotopic (exact) mass is 287 g/mol. The van der Waals surface area contributed by atoms with E-state index in [1.54, 1.807) is 23.5 Å². The van der Waals surface area contributed by atoms with E-state index >= 15 is 0 Å². The third kappa shape index (κ3) is 3.03. The Bertz CT molecular complexity index is 516. The topological polar surface area (TPSA) is 50.9 Å². The molecule has 0 bridgehead atoms. The van der Waals surface area contributed by atoms with Gasteiger partial charge in [0.05, 0.1) is 22.3 Å². The van der Waals surface area contributed by atoms with Gasteiger partial charge in [-0.1, -0.05) is 23.2 Å². The summed E-state index contributed by atoms with van der Waals surface area (Å²) in [5, 5.41) is 5.19. The summed E-state index contributed by atoms with van der Waals surface area (Å²) in [5.74, 6) is 0. The summed E-state index contributed by atoms with van der Waals surface area (Å²) < 4.78 is 0. The molecule has 3 nitrogen and oxygen atoms in total. The van der Waals surface area contributed by atoms with Crippen LogP contribution in [-0.4, -0.2) is 4.98 Å². The molecular weight excluding hydrogens is 277 g/mol. The first-order chi connectivity index (χ1) is 8.06. The summed E-state index contributed by atoms with van der Waals surface area (Å²) >= 11 is 13.8. The summed E-state index contributed by atoms with van der Waals surface area (Å²) in [6, 6.07) is 3.34. The fraction of sp³-hybridized carbons (Fsp3) is 0.182. The van der Waals surface area contributed by atoms with Gasteiger partial charge in [0.1, 0.15) is 5.01 Å². The number of rotatable bonds is 3. The van der Waals surface area contributed by atoms with Crippen LogP contribution in [0.2, 0.25) is 10.0 Å². The van der Waals surface area contributed by atoms with Gasteiger partial charge in [-0.2, -0.15) is 0 Å². The molecule has 1 aromatic carbocycles. The lowest BCUT2D eigenvalue weighted by Gasteiger charge is -2.09. The number of nitrogens with one attached hydrogen (secondary N) is 1. The summed E-state index contributed by atoms with van der Waals surface area (Å²) in [5.41, 5.74) is 6.87. The van der Waals surface area contributed by atoms with Crippen molar-refractivity contribution < 1.29 is 0 Å². The van der Waals surface area contributed by atoms with Crippen LogP contribution in [-0.2, 0) is 6.54 Å². The van der Waals surface area contributed by atoms with Crippen molar-refractivity contribution in [1.29, 1.82) is 0 Å². The van der Waals surface area contributed by atoms with E-state index in [1.807, 2.05) is 13.1 Å². The molecule has 0 amide bonds. The number of benzene rings is 1. The van der Waals surface area contributed by atoms with E-state index in [0.29, 0.717) is 28.0 Å². The van der Waals surface area contributed by atoms with E-state index in [2.05, 4.69) is 10.3 Å². The van der Waals surface area contributed by atoms with Crippen LogP contribution < -0.4 is 11.1 Å². The van der Waals surface area contributed by atoms with Gasteiger partial charge in [0.15, 0.2) is 0 Å². The number of nitrogens with two attached hydrogens (primary N) is 1. The molecule has 2 aromatic rings. The molecule has 0 saturated carbocycles. The Morgan fingerprint density at radius 2 is 2.00 bits per heavy atom. The van der Waals surface area contributed by atoms with Gasteiger partial charge < -0.3 is 11.1 Å². The second kappa shape index (κ2) is 5.12. The first-order valence-electron chi connectivity index (χ1n) is 4.96. The van der Waals surface area contributed by atoms with Crippen LogP contribution in [0.5, 0.6) is 0 Å². The summed E-state index contributed by atoms with van der Waals surface area (Å²) in [6.45, 7) is 2.62. The molecule has 0 unspecified atom stereocenters. The Kier molecular flexibility index (Phi) is 3.76. The molecular formula is C11H11Cl2N3S. The summed E-state index contributed by atoms with van der Waals surface area (Å²) in [6.07, 6.45) is 1.84. The average Bonchev–Trinajstić information content (AvgIpc) is 2.62. The first kappa shape index (κ1) is 12.5. The van der Waals surface area contributed by atoms with E-state index in [-0.39, 0.29) is 0 Å². The third-order valence-electron chi connectivity index (χ3n) is 2.15. The zero-order chi connectivity index (χ0) is 12.4. The molecule has 0 aliphatic carbocycles.